The number of rotatable bonds is 7. The fraction of sp³-hybridized carbons (Fsp3) is 0.235. The number of carbonyl (C=O) groups excluding carboxylic acids is 1. The topological polar surface area (TPSA) is 38.3 Å². The summed E-state index contributed by atoms with van der Waals surface area (Å²) in [5.41, 5.74) is 2.96. The van der Waals surface area contributed by atoms with Crippen molar-refractivity contribution in [2.75, 3.05) is 11.1 Å². The van der Waals surface area contributed by atoms with Crippen LogP contribution in [0.2, 0.25) is 0 Å². The number of anilines is 1. The molecule has 0 radical (unpaired) electrons. The van der Waals surface area contributed by atoms with Crippen LogP contribution >= 0.6 is 11.8 Å². The van der Waals surface area contributed by atoms with Crippen molar-refractivity contribution in [1.29, 1.82) is 0 Å². The highest BCUT2D eigenvalue weighted by molar-refractivity contribution is 7.99. The molecule has 0 atom stereocenters. The van der Waals surface area contributed by atoms with E-state index in [0.717, 1.165) is 5.75 Å². The third-order valence-corrected chi connectivity index (χ3v) is 4.10. The van der Waals surface area contributed by atoms with Crippen molar-refractivity contribution in [3.63, 3.8) is 0 Å². The maximum absolute atomic E-state index is 12.0. The number of hydrogen-bond acceptors (Lipinski definition) is 3. The maximum atomic E-state index is 12.0. The summed E-state index contributed by atoms with van der Waals surface area (Å²) in [5, 5.41) is 2.72. The van der Waals surface area contributed by atoms with Gasteiger partial charge >= 0.3 is 6.61 Å². The molecule has 0 fully saturated rings. The lowest BCUT2D eigenvalue weighted by atomic mass is 10.1. The van der Waals surface area contributed by atoms with Crippen LogP contribution in [-0.2, 0) is 10.5 Å². The molecule has 122 valence electrons. The van der Waals surface area contributed by atoms with E-state index in [1.54, 1.807) is 0 Å². The summed E-state index contributed by atoms with van der Waals surface area (Å²) in [4.78, 5) is 11.9. The normalized spacial score (nSPS) is 10.6. The lowest BCUT2D eigenvalue weighted by Crippen LogP contribution is -2.14. The summed E-state index contributed by atoms with van der Waals surface area (Å²) in [5.74, 6) is 1.02. The molecule has 0 heterocycles. The predicted molar refractivity (Wildman–Crippen MR) is 89.0 cm³/mol. The van der Waals surface area contributed by atoms with Crippen LogP contribution in [0.1, 0.15) is 11.1 Å². The number of halogens is 2. The Morgan fingerprint density at radius 2 is 1.87 bits per heavy atom. The second kappa shape index (κ2) is 8.53. The van der Waals surface area contributed by atoms with Crippen LogP contribution in [0.4, 0.5) is 14.5 Å². The van der Waals surface area contributed by atoms with Gasteiger partial charge in [-0.2, -0.15) is 8.78 Å². The molecule has 0 unspecified atom stereocenters. The zero-order chi connectivity index (χ0) is 16.7. The number of alkyl halides is 2. The SMILES string of the molecule is Cc1ccccc1CSCC(=O)Nc1ccc(OC(F)F)cc1. The van der Waals surface area contributed by atoms with Gasteiger partial charge in [0.05, 0.1) is 5.75 Å². The number of nitrogens with one attached hydrogen (secondary N) is 1. The van der Waals surface area contributed by atoms with E-state index < -0.39 is 6.61 Å². The maximum Gasteiger partial charge on any atom is 0.387 e. The van der Waals surface area contributed by atoms with Gasteiger partial charge in [0.15, 0.2) is 0 Å². The van der Waals surface area contributed by atoms with Gasteiger partial charge in [-0.1, -0.05) is 24.3 Å². The van der Waals surface area contributed by atoms with E-state index in [2.05, 4.69) is 10.1 Å². The molecule has 2 rings (SSSR count). The van der Waals surface area contributed by atoms with E-state index in [4.69, 9.17) is 0 Å². The molecule has 2 aromatic carbocycles. The Balaban J connectivity index is 1.77. The van der Waals surface area contributed by atoms with Crippen LogP contribution in [0.15, 0.2) is 48.5 Å². The summed E-state index contributed by atoms with van der Waals surface area (Å²) in [7, 11) is 0. The quantitative estimate of drug-likeness (QED) is 0.810. The van der Waals surface area contributed by atoms with E-state index in [1.807, 2.05) is 31.2 Å². The molecule has 0 saturated carbocycles. The first-order valence-electron chi connectivity index (χ1n) is 7.01. The molecule has 0 aliphatic rings. The zero-order valence-electron chi connectivity index (χ0n) is 12.6. The van der Waals surface area contributed by atoms with Crippen LogP contribution in [-0.4, -0.2) is 18.3 Å². The molecule has 1 N–H and O–H groups in total. The number of aryl methyl sites for hydroxylation is 1. The Labute approximate surface area is 138 Å². The minimum Gasteiger partial charge on any atom is -0.435 e. The molecule has 0 spiro atoms. The lowest BCUT2D eigenvalue weighted by Gasteiger charge is -2.08. The molecular formula is C17H17F2NO2S. The third-order valence-electron chi connectivity index (χ3n) is 3.12. The van der Waals surface area contributed by atoms with Gasteiger partial charge in [0.2, 0.25) is 5.91 Å². The van der Waals surface area contributed by atoms with Gasteiger partial charge in [0.25, 0.3) is 0 Å². The number of carbonyl (C=O) groups is 1. The molecule has 0 saturated heterocycles. The Morgan fingerprint density at radius 1 is 1.17 bits per heavy atom. The molecule has 3 nitrogen and oxygen atoms in total. The Hall–Kier alpha value is -2.08. The average molecular weight is 337 g/mol. The molecule has 0 bridgehead atoms. The Kier molecular flexibility index (Phi) is 6.40. The first-order chi connectivity index (χ1) is 11.0. The minimum absolute atomic E-state index is 0.0620. The molecule has 2 aromatic rings. The standard InChI is InChI=1S/C17H17F2NO2S/c1-12-4-2-3-5-13(12)10-23-11-16(21)20-14-6-8-15(9-7-14)22-17(18)19/h2-9,17H,10-11H2,1H3,(H,20,21). The highest BCUT2D eigenvalue weighted by Gasteiger charge is 2.06. The van der Waals surface area contributed by atoms with Crippen molar-refractivity contribution >= 4 is 23.4 Å². The van der Waals surface area contributed by atoms with Crippen molar-refractivity contribution < 1.29 is 18.3 Å². The van der Waals surface area contributed by atoms with Crippen molar-refractivity contribution in [3.8, 4) is 5.75 Å². The smallest absolute Gasteiger partial charge is 0.387 e. The molecule has 1 amide bonds. The Morgan fingerprint density at radius 3 is 2.52 bits per heavy atom. The van der Waals surface area contributed by atoms with E-state index in [9.17, 15) is 13.6 Å². The second-order valence-electron chi connectivity index (χ2n) is 4.87. The number of benzene rings is 2. The van der Waals surface area contributed by atoms with Crippen molar-refractivity contribution in [1.82, 2.24) is 0 Å². The van der Waals surface area contributed by atoms with Crippen LogP contribution in [0.5, 0.6) is 5.75 Å². The molecule has 6 heteroatoms. The summed E-state index contributed by atoms with van der Waals surface area (Å²) in [6.45, 7) is -0.813. The first-order valence-corrected chi connectivity index (χ1v) is 8.17. The average Bonchev–Trinajstić information content (AvgIpc) is 2.51. The Bertz CT molecular complexity index is 647. The fourth-order valence-electron chi connectivity index (χ4n) is 1.94. The van der Waals surface area contributed by atoms with Crippen LogP contribution in [0.3, 0.4) is 0 Å². The summed E-state index contributed by atoms with van der Waals surface area (Å²) >= 11 is 1.52. The van der Waals surface area contributed by atoms with Gasteiger partial charge in [-0.3, -0.25) is 4.79 Å². The molecule has 23 heavy (non-hydrogen) atoms. The second-order valence-corrected chi connectivity index (χ2v) is 5.86. The van der Waals surface area contributed by atoms with Gasteiger partial charge in [0.1, 0.15) is 5.75 Å². The highest BCUT2D eigenvalue weighted by Crippen LogP contribution is 2.19. The molecule has 0 aromatic heterocycles. The number of ether oxygens (including phenoxy) is 1. The van der Waals surface area contributed by atoms with Gasteiger partial charge in [-0.05, 0) is 42.3 Å². The van der Waals surface area contributed by atoms with Crippen LogP contribution in [0.25, 0.3) is 0 Å². The van der Waals surface area contributed by atoms with Crippen LogP contribution < -0.4 is 10.1 Å². The number of amides is 1. The summed E-state index contributed by atoms with van der Waals surface area (Å²) < 4.78 is 28.3. The predicted octanol–water partition coefficient (Wildman–Crippen LogP) is 4.47. The summed E-state index contributed by atoms with van der Waals surface area (Å²) in [6.07, 6.45) is 0. The van der Waals surface area contributed by atoms with Crippen LogP contribution in [0, 0.1) is 6.92 Å². The zero-order valence-corrected chi connectivity index (χ0v) is 13.4. The van der Waals surface area contributed by atoms with Gasteiger partial charge in [0, 0.05) is 11.4 Å². The molecule has 0 aliphatic heterocycles. The van der Waals surface area contributed by atoms with Gasteiger partial charge in [-0.15, -0.1) is 11.8 Å². The summed E-state index contributed by atoms with van der Waals surface area (Å²) in [6, 6.07) is 13.9. The van der Waals surface area contributed by atoms with Crippen molar-refractivity contribution in [2.45, 2.75) is 19.3 Å². The first kappa shape index (κ1) is 17.3. The van der Waals surface area contributed by atoms with E-state index >= 15 is 0 Å². The van der Waals surface area contributed by atoms with E-state index in [0.29, 0.717) is 11.4 Å². The fourth-order valence-corrected chi connectivity index (χ4v) is 2.85. The highest BCUT2D eigenvalue weighted by atomic mass is 32.2. The molecular weight excluding hydrogens is 320 g/mol. The monoisotopic (exact) mass is 337 g/mol. The molecule has 0 aliphatic carbocycles. The van der Waals surface area contributed by atoms with Crippen molar-refractivity contribution in [2.24, 2.45) is 0 Å². The van der Waals surface area contributed by atoms with E-state index in [1.165, 1.54) is 47.2 Å². The lowest BCUT2D eigenvalue weighted by molar-refractivity contribution is -0.113. The largest absolute Gasteiger partial charge is 0.435 e. The third kappa shape index (κ3) is 5.90. The van der Waals surface area contributed by atoms with Gasteiger partial charge in [-0.25, -0.2) is 0 Å². The van der Waals surface area contributed by atoms with Crippen molar-refractivity contribution in [3.05, 3.63) is 59.7 Å². The number of hydrogen-bond donors (Lipinski definition) is 1. The minimum atomic E-state index is -2.85. The number of thioether (sulfide) groups is 1. The van der Waals surface area contributed by atoms with Gasteiger partial charge < -0.3 is 10.1 Å². The van der Waals surface area contributed by atoms with E-state index in [-0.39, 0.29) is 11.7 Å².